The number of carbonyl (C=O) groups excluding carboxylic acids is 2. The zero-order valence-electron chi connectivity index (χ0n) is 61.1. The minimum atomic E-state index is -1.09. The largest absolute Gasteiger partial charge is 0.497 e. The van der Waals surface area contributed by atoms with Crippen LogP contribution >= 0.6 is 0 Å². The molecule has 0 unspecified atom stereocenters. The first kappa shape index (κ1) is 90.2. The molecule has 0 N–H and O–H groups in total. The summed E-state index contributed by atoms with van der Waals surface area (Å²) < 4.78 is 89.0. The quantitative estimate of drug-likeness (QED) is 0.0521. The Morgan fingerprint density at radius 2 is 0.689 bits per heavy atom. The van der Waals surface area contributed by atoms with Crippen molar-refractivity contribution in [2.75, 3.05) is 20.8 Å². The number of methoxy groups -OCH3 is 2. The number of hydrogen-bond acceptors (Lipinski definition) is 6. The number of benzene rings is 8. The van der Waals surface area contributed by atoms with Crippen LogP contribution in [0.3, 0.4) is 0 Å². The molecule has 8 aromatic carbocycles. The van der Waals surface area contributed by atoms with Gasteiger partial charge in [0.15, 0.2) is 17.5 Å². The Labute approximate surface area is 607 Å². The number of aryl methyl sites for hydroxylation is 2. The fourth-order valence-electron chi connectivity index (χ4n) is 7.66. The highest BCUT2D eigenvalue weighted by Gasteiger charge is 2.15. The SMILES string of the molecule is C=O.CC#Cc1cc(F)c(C#CC)c(F)c1.CC#Cc1ccc(C#CC)c(F)c1F.CC#Cc1ccc(C#CC)cc1.CC#Cc1ccc(C(=O)OC)cc1.CC#Cc1ccc(C)cc1.CC#Cc1ccc(CCC)cc1.CC#Cc1ccc(OC)cc1.CC#Cc1ccc(OOCC)c(F)c1F. The van der Waals surface area contributed by atoms with Crippen molar-refractivity contribution in [2.45, 2.75) is 110 Å². The van der Waals surface area contributed by atoms with Crippen LogP contribution in [0.15, 0.2) is 158 Å². The molecule has 0 aromatic heterocycles. The number of halogens is 6. The van der Waals surface area contributed by atoms with E-state index in [9.17, 15) is 31.1 Å². The van der Waals surface area contributed by atoms with E-state index in [1.165, 1.54) is 74.4 Å². The van der Waals surface area contributed by atoms with Gasteiger partial charge in [-0.25, -0.2) is 26.7 Å². The molecule has 524 valence electrons. The Balaban J connectivity index is 0.00000115. The minimum absolute atomic E-state index is 0.00107. The van der Waals surface area contributed by atoms with Gasteiger partial charge >= 0.3 is 5.97 Å². The summed E-state index contributed by atoms with van der Waals surface area (Å²) in [6.45, 7) is 27.0. The summed E-state index contributed by atoms with van der Waals surface area (Å²) in [4.78, 5) is 28.1. The van der Waals surface area contributed by atoms with Gasteiger partial charge in [-0.3, -0.25) is 0 Å². The second-order valence-corrected chi connectivity index (χ2v) is 19.6. The molecule has 8 rings (SSSR count). The topological polar surface area (TPSA) is 71.1 Å². The van der Waals surface area contributed by atoms with Gasteiger partial charge in [-0.2, -0.15) is 9.28 Å². The highest BCUT2D eigenvalue weighted by molar-refractivity contribution is 5.89. The van der Waals surface area contributed by atoms with Crippen LogP contribution in [0, 0.1) is 172 Å². The third kappa shape index (κ3) is 37.1. The van der Waals surface area contributed by atoms with E-state index in [0.29, 0.717) is 11.1 Å². The molecule has 0 aliphatic carbocycles. The molecular formula is C91H82F6O6. The molecule has 0 radical (unpaired) electrons. The van der Waals surface area contributed by atoms with Crippen LogP contribution in [0.1, 0.15) is 179 Å². The highest BCUT2D eigenvalue weighted by atomic mass is 19.2. The molecule has 0 atom stereocenters. The molecule has 0 fully saturated rings. The first-order valence-corrected chi connectivity index (χ1v) is 31.6. The van der Waals surface area contributed by atoms with E-state index >= 15 is 0 Å². The third-order valence-corrected chi connectivity index (χ3v) is 12.2. The molecular weight excluding hydrogens is 1300 g/mol. The second-order valence-electron chi connectivity index (χ2n) is 19.6. The van der Waals surface area contributed by atoms with E-state index in [4.69, 9.17) is 9.53 Å². The Kier molecular flexibility index (Phi) is 49.1. The highest BCUT2D eigenvalue weighted by Crippen LogP contribution is 2.23. The van der Waals surface area contributed by atoms with Crippen molar-refractivity contribution >= 4 is 12.8 Å². The van der Waals surface area contributed by atoms with Crippen molar-refractivity contribution in [3.8, 4) is 142 Å². The number of hydrogen-bond donors (Lipinski definition) is 0. The lowest BCUT2D eigenvalue weighted by molar-refractivity contribution is -0.204. The fraction of sp³-hybridized carbons (Fsp3) is 0.209. The van der Waals surface area contributed by atoms with E-state index in [-0.39, 0.29) is 40.6 Å². The maximum absolute atomic E-state index is 13.3. The van der Waals surface area contributed by atoms with Crippen LogP contribution in [-0.2, 0) is 20.8 Å². The number of rotatable bonds is 7. The molecule has 103 heavy (non-hydrogen) atoms. The Hall–Kier alpha value is -12.8. The van der Waals surface area contributed by atoms with Gasteiger partial charge in [0.25, 0.3) is 0 Å². The smallest absolute Gasteiger partial charge is 0.337 e. The molecule has 8 aromatic rings. The zero-order valence-corrected chi connectivity index (χ0v) is 61.1. The standard InChI is InChI=1S/2C12H8F2.C12H14.C12H10.C11H10F2O2.C11H10O2.C10H10O.C10H10.CH2O/c1-3-5-9-7-11(13)10(6-4-2)12(14)8-9;1-3-5-9-7-8-10(6-4-2)12(14)11(9)13;2*1-3-5-11-7-9-12(6-4-2)10-8-11;1-3-5-8-6-7-9(15-14-4-2)11(13)10(8)12;1-3-4-9-5-7-10(8-6-9)11(12)13-2;1-3-4-9-5-7-10(11-2)8-6-9;1-3-4-10-7-5-9(2)6-8-10;1-2/h2*7-8H,1-2H3;7-10H,3,5H2,1-2H3;7-10H,1-2H3;6-7H,4H2,1-2H3;5-8H,1-2H3;5-8H,1-2H3;5-8H,1-2H3;1H2. The first-order valence-electron chi connectivity index (χ1n) is 31.6. The van der Waals surface area contributed by atoms with E-state index in [1.807, 2.05) is 102 Å². The molecule has 12 heteroatoms. The van der Waals surface area contributed by atoms with Crippen molar-refractivity contribution in [2.24, 2.45) is 0 Å². The summed E-state index contributed by atoms with van der Waals surface area (Å²) in [6, 6.07) is 47.1. The van der Waals surface area contributed by atoms with Gasteiger partial charge in [0.2, 0.25) is 11.6 Å². The lowest BCUT2D eigenvalue weighted by Crippen LogP contribution is -2.00. The number of ether oxygens (including phenoxy) is 2. The van der Waals surface area contributed by atoms with Crippen LogP contribution in [0.2, 0.25) is 0 Å². The van der Waals surface area contributed by atoms with E-state index in [1.54, 1.807) is 72.9 Å². The Bertz CT molecular complexity index is 4610. The fourth-order valence-corrected chi connectivity index (χ4v) is 7.66. The monoisotopic (exact) mass is 1380 g/mol. The summed E-state index contributed by atoms with van der Waals surface area (Å²) in [7, 11) is 3.02. The summed E-state index contributed by atoms with van der Waals surface area (Å²) in [5, 5.41) is 0. The molecule has 0 saturated carbocycles. The van der Waals surface area contributed by atoms with Crippen LogP contribution < -0.4 is 9.62 Å². The number of carbonyl (C=O) groups is 2. The lowest BCUT2D eigenvalue weighted by Gasteiger charge is -2.05. The van der Waals surface area contributed by atoms with Crippen molar-refractivity contribution < 1.29 is 55.2 Å². The zero-order chi connectivity index (χ0) is 77.2. The predicted molar refractivity (Wildman–Crippen MR) is 405 cm³/mol. The van der Waals surface area contributed by atoms with Crippen molar-refractivity contribution in [1.82, 2.24) is 0 Å². The Morgan fingerprint density at radius 3 is 1.02 bits per heavy atom. The van der Waals surface area contributed by atoms with Gasteiger partial charge in [-0.15, -0.1) is 65.1 Å². The Morgan fingerprint density at radius 1 is 0.379 bits per heavy atom. The molecule has 6 nitrogen and oxygen atoms in total. The molecule has 0 bridgehead atoms. The molecule has 0 heterocycles. The van der Waals surface area contributed by atoms with Gasteiger partial charge in [0, 0.05) is 38.9 Å². The van der Waals surface area contributed by atoms with Crippen LogP contribution in [0.5, 0.6) is 11.5 Å². The molecule has 0 amide bonds. The van der Waals surface area contributed by atoms with Gasteiger partial charge in [0.1, 0.15) is 24.2 Å². The summed E-state index contributed by atoms with van der Waals surface area (Å²) in [5.74, 6) is 54.7. The average molecular weight is 1390 g/mol. The molecule has 0 aliphatic rings. The lowest BCUT2D eigenvalue weighted by atomic mass is 10.1. The van der Waals surface area contributed by atoms with E-state index in [2.05, 4.69) is 195 Å². The normalized spacial score (nSPS) is 8.29. The van der Waals surface area contributed by atoms with Gasteiger partial charge in [-0.1, -0.05) is 108 Å². The van der Waals surface area contributed by atoms with E-state index < -0.39 is 34.9 Å². The van der Waals surface area contributed by atoms with Gasteiger partial charge in [0.05, 0.1) is 48.6 Å². The predicted octanol–water partition coefficient (Wildman–Crippen LogP) is 19.6. The summed E-state index contributed by atoms with van der Waals surface area (Å²) >= 11 is 0. The van der Waals surface area contributed by atoms with Crippen molar-refractivity contribution in [1.29, 1.82) is 0 Å². The second kappa shape index (κ2) is 56.1. The van der Waals surface area contributed by atoms with Crippen LogP contribution in [0.4, 0.5) is 26.3 Å². The minimum Gasteiger partial charge on any atom is -0.497 e. The maximum Gasteiger partial charge on any atom is 0.337 e. The average Bonchev–Trinajstić information content (AvgIpc) is 0.857. The molecule has 0 spiro atoms. The van der Waals surface area contributed by atoms with Crippen molar-refractivity contribution in [3.05, 3.63) is 271 Å². The summed E-state index contributed by atoms with van der Waals surface area (Å²) in [5.41, 5.74) is 9.67. The summed E-state index contributed by atoms with van der Waals surface area (Å²) in [6.07, 6.45) is 2.37. The van der Waals surface area contributed by atoms with Crippen LogP contribution in [0.25, 0.3) is 0 Å². The van der Waals surface area contributed by atoms with Gasteiger partial charge < -0.3 is 19.2 Å². The number of esters is 1. The van der Waals surface area contributed by atoms with Crippen LogP contribution in [-0.4, -0.2) is 33.6 Å². The van der Waals surface area contributed by atoms with Gasteiger partial charge in [-0.05, 0) is 235 Å². The first-order chi connectivity index (χ1) is 49.8. The molecule has 0 aliphatic heterocycles. The van der Waals surface area contributed by atoms with Crippen molar-refractivity contribution in [3.63, 3.8) is 0 Å². The third-order valence-electron chi connectivity index (χ3n) is 12.2. The maximum atomic E-state index is 13.3. The van der Waals surface area contributed by atoms with E-state index in [0.717, 1.165) is 39.1 Å². The molecule has 0 saturated heterocycles.